The number of aromatic carboxylic acids is 1. The van der Waals surface area contributed by atoms with Crippen LogP contribution in [-0.4, -0.2) is 15.5 Å². The van der Waals surface area contributed by atoms with E-state index in [4.69, 9.17) is 12.2 Å². The number of nitrogens with one attached hydrogen (secondary N) is 1. The molecule has 6 heteroatoms. The van der Waals surface area contributed by atoms with E-state index in [1.807, 2.05) is 0 Å². The molecule has 2 aromatic rings. The van der Waals surface area contributed by atoms with Crippen LogP contribution in [0.3, 0.4) is 0 Å². The van der Waals surface area contributed by atoms with E-state index in [9.17, 15) is 14.3 Å². The van der Waals surface area contributed by atoms with Gasteiger partial charge in [0.15, 0.2) is 4.77 Å². The number of carboxylic acids is 1. The quantitative estimate of drug-likeness (QED) is 0.794. The highest BCUT2D eigenvalue weighted by Crippen LogP contribution is 2.12. The summed E-state index contributed by atoms with van der Waals surface area (Å²) in [5, 5.41) is 10.8. The van der Waals surface area contributed by atoms with Crippen molar-refractivity contribution in [3.05, 3.63) is 46.7 Å². The van der Waals surface area contributed by atoms with E-state index in [0.29, 0.717) is 5.69 Å². The first kappa shape index (κ1) is 10.6. The minimum atomic E-state index is -1.35. The van der Waals surface area contributed by atoms with Crippen molar-refractivity contribution >= 4 is 18.2 Å². The van der Waals surface area contributed by atoms with Crippen LogP contribution in [0.25, 0.3) is 5.69 Å². The predicted molar refractivity (Wildman–Crippen MR) is 55.2 cm³/mol. The Hall–Kier alpha value is -1.95. The molecule has 0 unspecified atom stereocenters. The molecule has 0 spiro atoms. The zero-order valence-electron chi connectivity index (χ0n) is 7.94. The molecule has 16 heavy (non-hydrogen) atoms. The Kier molecular flexibility index (Phi) is 2.57. The topological polar surface area (TPSA) is 60.8 Å². The molecule has 1 aromatic heterocycles. The van der Waals surface area contributed by atoms with Gasteiger partial charge in [-0.05, 0) is 36.5 Å². The molecule has 0 amide bonds. The fourth-order valence-corrected chi connectivity index (χ4v) is 1.63. The number of rotatable bonds is 2. The molecule has 1 N–H and O–H groups in total. The molecule has 82 valence electrons. The van der Waals surface area contributed by atoms with Crippen LogP contribution >= 0.6 is 12.2 Å². The molecule has 1 heterocycles. The summed E-state index contributed by atoms with van der Waals surface area (Å²) in [5.74, 6) is -1.75. The van der Waals surface area contributed by atoms with Crippen LogP contribution < -0.4 is 5.11 Å². The Bertz CT molecular complexity index is 586. The maximum Gasteiger partial charge on any atom is 0.182 e. The number of aromatic amines is 1. The molecule has 4 nitrogen and oxygen atoms in total. The van der Waals surface area contributed by atoms with Gasteiger partial charge in [-0.2, -0.15) is 0 Å². The third kappa shape index (κ3) is 1.74. The number of carbonyl (C=O) groups excluding carboxylic acids is 1. The van der Waals surface area contributed by atoms with Gasteiger partial charge < -0.3 is 14.9 Å². The Balaban J connectivity index is 2.63. The molecule has 0 saturated heterocycles. The Morgan fingerprint density at radius 2 is 2.00 bits per heavy atom. The average molecular weight is 237 g/mol. The molecule has 0 radical (unpaired) electrons. The van der Waals surface area contributed by atoms with Gasteiger partial charge in [0.25, 0.3) is 0 Å². The van der Waals surface area contributed by atoms with Gasteiger partial charge in [-0.15, -0.1) is 0 Å². The fourth-order valence-electron chi connectivity index (χ4n) is 1.37. The Morgan fingerprint density at radius 3 is 2.56 bits per heavy atom. The number of halogens is 1. The van der Waals surface area contributed by atoms with Gasteiger partial charge in [0.05, 0.1) is 11.7 Å². The molecular weight excluding hydrogens is 231 g/mol. The standard InChI is InChI=1S/C10H7FN2O2S/c11-6-1-3-7(4-2-6)13-8(9(14)15)5-12-10(13)16/h1-5H,(H,12,16)(H,14,15)/p-1. The lowest BCUT2D eigenvalue weighted by atomic mass is 10.3. The third-order valence-electron chi connectivity index (χ3n) is 2.07. The molecule has 0 aliphatic carbocycles. The number of nitrogens with zero attached hydrogens (tertiary/aromatic N) is 1. The molecule has 0 atom stereocenters. The van der Waals surface area contributed by atoms with Crippen molar-refractivity contribution in [1.82, 2.24) is 9.55 Å². The Labute approximate surface area is 95.0 Å². The number of H-pyrrole nitrogens is 1. The van der Waals surface area contributed by atoms with Gasteiger partial charge >= 0.3 is 0 Å². The first-order valence-corrected chi connectivity index (χ1v) is 4.78. The molecule has 0 saturated carbocycles. The summed E-state index contributed by atoms with van der Waals surface area (Å²) >= 11 is 4.93. The zero-order valence-corrected chi connectivity index (χ0v) is 8.75. The van der Waals surface area contributed by atoms with Gasteiger partial charge in [0.2, 0.25) is 0 Å². The molecule has 0 aliphatic rings. The van der Waals surface area contributed by atoms with E-state index < -0.39 is 11.8 Å². The molecule has 0 aliphatic heterocycles. The van der Waals surface area contributed by atoms with E-state index in [2.05, 4.69) is 4.98 Å². The number of benzene rings is 1. The normalized spacial score (nSPS) is 10.3. The van der Waals surface area contributed by atoms with E-state index in [1.54, 1.807) is 0 Å². The molecule has 0 bridgehead atoms. The van der Waals surface area contributed by atoms with E-state index >= 15 is 0 Å². The molecule has 1 aromatic carbocycles. The number of carboxylic acid groups (broad SMARTS) is 1. The van der Waals surface area contributed by atoms with Crippen LogP contribution in [0.5, 0.6) is 0 Å². The highest BCUT2D eigenvalue weighted by Gasteiger charge is 2.06. The summed E-state index contributed by atoms with van der Waals surface area (Å²) in [6.07, 6.45) is 1.24. The summed E-state index contributed by atoms with van der Waals surface area (Å²) in [6, 6.07) is 5.32. The molecule has 0 fully saturated rings. The maximum atomic E-state index is 12.7. The second-order valence-electron chi connectivity index (χ2n) is 3.08. The van der Waals surface area contributed by atoms with Crippen LogP contribution in [0.15, 0.2) is 30.5 Å². The van der Waals surface area contributed by atoms with E-state index in [-0.39, 0.29) is 10.5 Å². The van der Waals surface area contributed by atoms with Crippen molar-refractivity contribution < 1.29 is 14.3 Å². The van der Waals surface area contributed by atoms with Crippen molar-refractivity contribution in [3.8, 4) is 5.69 Å². The van der Waals surface area contributed by atoms with Crippen LogP contribution in [0.1, 0.15) is 10.5 Å². The van der Waals surface area contributed by atoms with Crippen molar-refractivity contribution in [2.75, 3.05) is 0 Å². The summed E-state index contributed by atoms with van der Waals surface area (Å²) in [5.41, 5.74) is 0.364. The van der Waals surface area contributed by atoms with Gasteiger partial charge in [-0.3, -0.25) is 4.57 Å². The Morgan fingerprint density at radius 1 is 1.38 bits per heavy atom. The maximum absolute atomic E-state index is 12.7. The number of hydrogen-bond acceptors (Lipinski definition) is 3. The smallest absolute Gasteiger partial charge is 0.182 e. The summed E-state index contributed by atoms with van der Waals surface area (Å²) in [4.78, 5) is 13.4. The number of imidazole rings is 1. The lowest BCUT2D eigenvalue weighted by Gasteiger charge is -2.08. The predicted octanol–water partition coefficient (Wildman–Crippen LogP) is 1.04. The first-order valence-electron chi connectivity index (χ1n) is 4.37. The lowest BCUT2D eigenvalue weighted by molar-refractivity contribution is -0.255. The summed E-state index contributed by atoms with van der Waals surface area (Å²) < 4.78 is 14.2. The monoisotopic (exact) mass is 237 g/mol. The van der Waals surface area contributed by atoms with Crippen LogP contribution in [0.4, 0.5) is 4.39 Å². The largest absolute Gasteiger partial charge is 0.543 e. The number of carbonyl (C=O) groups is 1. The lowest BCUT2D eigenvalue weighted by Crippen LogP contribution is -2.25. The van der Waals surface area contributed by atoms with Gasteiger partial charge in [0.1, 0.15) is 5.82 Å². The summed E-state index contributed by atoms with van der Waals surface area (Å²) in [6.45, 7) is 0. The van der Waals surface area contributed by atoms with Crippen molar-refractivity contribution in [3.63, 3.8) is 0 Å². The highest BCUT2D eigenvalue weighted by atomic mass is 32.1. The highest BCUT2D eigenvalue weighted by molar-refractivity contribution is 7.71. The minimum absolute atomic E-state index is 0.100. The molecular formula is C10H6FN2O2S-. The summed E-state index contributed by atoms with van der Waals surface area (Å²) in [7, 11) is 0. The van der Waals surface area contributed by atoms with Crippen molar-refractivity contribution in [1.29, 1.82) is 0 Å². The van der Waals surface area contributed by atoms with E-state index in [1.165, 1.54) is 35.0 Å². The van der Waals surface area contributed by atoms with Gasteiger partial charge in [-0.1, -0.05) is 0 Å². The number of hydrogen-bond donors (Lipinski definition) is 1. The second kappa shape index (κ2) is 3.90. The van der Waals surface area contributed by atoms with E-state index in [0.717, 1.165) is 0 Å². The zero-order chi connectivity index (χ0) is 11.7. The van der Waals surface area contributed by atoms with Crippen LogP contribution in [0, 0.1) is 10.6 Å². The average Bonchev–Trinajstić information content (AvgIpc) is 2.62. The van der Waals surface area contributed by atoms with Crippen molar-refractivity contribution in [2.24, 2.45) is 0 Å². The molecule has 2 rings (SSSR count). The van der Waals surface area contributed by atoms with Gasteiger partial charge in [-0.25, -0.2) is 4.39 Å². The fraction of sp³-hybridized carbons (Fsp3) is 0. The number of aromatic nitrogens is 2. The van der Waals surface area contributed by atoms with Gasteiger partial charge in [0, 0.05) is 11.9 Å². The SMILES string of the molecule is O=C([O-])c1c[nH]c(=S)n1-c1ccc(F)cc1. The first-order chi connectivity index (χ1) is 7.59. The minimum Gasteiger partial charge on any atom is -0.543 e. The van der Waals surface area contributed by atoms with Crippen LogP contribution in [0.2, 0.25) is 0 Å². The van der Waals surface area contributed by atoms with Crippen LogP contribution in [-0.2, 0) is 0 Å². The second-order valence-corrected chi connectivity index (χ2v) is 3.47. The third-order valence-corrected chi connectivity index (χ3v) is 2.37. The van der Waals surface area contributed by atoms with Crippen molar-refractivity contribution in [2.45, 2.75) is 0 Å².